The molecule has 0 aliphatic carbocycles. The van der Waals surface area contributed by atoms with Crippen LogP contribution >= 0.6 is 11.6 Å². The van der Waals surface area contributed by atoms with Gasteiger partial charge in [0.2, 0.25) is 5.75 Å². The van der Waals surface area contributed by atoms with E-state index in [1.165, 1.54) is 0 Å². The summed E-state index contributed by atoms with van der Waals surface area (Å²) in [6.07, 6.45) is 0. The predicted molar refractivity (Wildman–Crippen MR) is 21.1 cm³/mol. The van der Waals surface area contributed by atoms with Crippen molar-refractivity contribution in [1.82, 2.24) is 0 Å². The molecule has 0 unspecified atom stereocenters. The molecule has 0 aromatic rings. The Morgan fingerprint density at radius 2 is 1.75 bits per heavy atom. The average molecular weight is 107 g/mol. The van der Waals surface area contributed by atoms with Crippen molar-refractivity contribution in [3.05, 3.63) is 0 Å². The standard InChI is InChI=1S/CHClO.Ca.2H/c2-1-3;;;/h1H;;;. The van der Waals surface area contributed by atoms with Crippen LogP contribution in [0.25, 0.3) is 0 Å². The Labute approximate surface area is 59.3 Å². The topological polar surface area (TPSA) is 17.1 Å². The molecule has 0 amide bonds. The van der Waals surface area contributed by atoms with Gasteiger partial charge in [-0.25, -0.2) is 0 Å². The summed E-state index contributed by atoms with van der Waals surface area (Å²) in [5.41, 5.74) is 0. The minimum atomic E-state index is 0. The van der Waals surface area contributed by atoms with Gasteiger partial charge in [-0.15, -0.1) is 0 Å². The summed E-state index contributed by atoms with van der Waals surface area (Å²) < 4.78 is 0. The average Bonchev–Trinajstić information content (AvgIpc) is 0.918. The molecule has 4 heavy (non-hydrogen) atoms. The molecule has 0 saturated heterocycles. The second-order valence-electron chi connectivity index (χ2n) is 0.0891. The fraction of sp³-hybridized carbons (Fsp3) is 0. The van der Waals surface area contributed by atoms with Crippen LogP contribution in [0.2, 0.25) is 0 Å². The maximum absolute atomic E-state index is 8.57. The number of carbonyl (C=O) groups excluding carboxylic acids is 1. The SMILES string of the molecule is O=CCl.[CaH2]. The van der Waals surface area contributed by atoms with E-state index in [0.29, 0.717) is 0 Å². The van der Waals surface area contributed by atoms with Crippen LogP contribution in [-0.2, 0) is 4.79 Å². The predicted octanol–water partition coefficient (Wildman–Crippen LogP) is -0.501. The molecule has 0 aromatic carbocycles. The summed E-state index contributed by atoms with van der Waals surface area (Å²) in [6, 6.07) is 0. The van der Waals surface area contributed by atoms with Gasteiger partial charge >= 0.3 is 37.7 Å². The minimum absolute atomic E-state index is 0. The Morgan fingerprint density at radius 3 is 1.75 bits per heavy atom. The van der Waals surface area contributed by atoms with Crippen molar-refractivity contribution in [1.29, 1.82) is 0 Å². The van der Waals surface area contributed by atoms with Crippen LogP contribution in [0.15, 0.2) is 0 Å². The Hall–Kier alpha value is 1.22. The van der Waals surface area contributed by atoms with Gasteiger partial charge in [0.05, 0.1) is 0 Å². The normalized spacial score (nSPS) is 3.25. The molecular weight excluding hydrogens is 104 g/mol. The zero-order chi connectivity index (χ0) is 2.71. The number of rotatable bonds is 0. The molecule has 22 valence electrons. The van der Waals surface area contributed by atoms with Gasteiger partial charge in [-0.1, -0.05) is 0 Å². The number of hydrogen-bond donors (Lipinski definition) is 0. The van der Waals surface area contributed by atoms with Crippen LogP contribution in [-0.4, -0.2) is 43.5 Å². The molecule has 0 rings (SSSR count). The molecule has 3 heteroatoms. The van der Waals surface area contributed by atoms with E-state index < -0.39 is 0 Å². The van der Waals surface area contributed by atoms with Gasteiger partial charge in [0, 0.05) is 0 Å². The van der Waals surface area contributed by atoms with Crippen molar-refractivity contribution in [3.8, 4) is 0 Å². The first kappa shape index (κ1) is 8.97. The van der Waals surface area contributed by atoms with Gasteiger partial charge < -0.3 is 0 Å². The summed E-state index contributed by atoms with van der Waals surface area (Å²) in [7, 11) is 0. The molecule has 0 N–H and O–H groups in total. The van der Waals surface area contributed by atoms with Crippen molar-refractivity contribution in [2.24, 2.45) is 0 Å². The number of hydrogen-bond acceptors (Lipinski definition) is 1. The third-order valence-corrected chi connectivity index (χ3v) is 0. The second kappa shape index (κ2) is 8.88. The molecule has 0 spiro atoms. The van der Waals surface area contributed by atoms with Crippen LogP contribution < -0.4 is 0 Å². The zero-order valence-electron chi connectivity index (χ0n) is 1.36. The van der Waals surface area contributed by atoms with Crippen molar-refractivity contribution in [2.75, 3.05) is 0 Å². The van der Waals surface area contributed by atoms with Crippen LogP contribution in [0.1, 0.15) is 0 Å². The van der Waals surface area contributed by atoms with Gasteiger partial charge in [-0.05, 0) is 11.6 Å². The first-order valence-electron chi connectivity index (χ1n) is 0.454. The summed E-state index contributed by atoms with van der Waals surface area (Å²) >= 11 is 4.32. The van der Waals surface area contributed by atoms with E-state index in [2.05, 4.69) is 11.6 Å². The fourth-order valence-electron chi connectivity index (χ4n) is 0. The van der Waals surface area contributed by atoms with Crippen LogP contribution in [0.4, 0.5) is 0 Å². The van der Waals surface area contributed by atoms with Crippen molar-refractivity contribution < 1.29 is 4.79 Å². The first-order chi connectivity index (χ1) is 1.41. The van der Waals surface area contributed by atoms with Gasteiger partial charge in [0.1, 0.15) is 0 Å². The summed E-state index contributed by atoms with van der Waals surface area (Å²) in [5.74, 6) is 0.222. The molecule has 0 atom stereocenters. The van der Waals surface area contributed by atoms with Gasteiger partial charge in [-0.2, -0.15) is 0 Å². The van der Waals surface area contributed by atoms with Gasteiger partial charge in [-0.3, -0.25) is 4.79 Å². The van der Waals surface area contributed by atoms with E-state index in [9.17, 15) is 0 Å². The van der Waals surface area contributed by atoms with E-state index in [-0.39, 0.29) is 43.5 Å². The van der Waals surface area contributed by atoms with Crippen LogP contribution in [0.5, 0.6) is 0 Å². The van der Waals surface area contributed by atoms with E-state index >= 15 is 0 Å². The molecule has 0 aliphatic heterocycles. The Balaban J connectivity index is 0. The molecule has 1 nitrogen and oxygen atoms in total. The Morgan fingerprint density at radius 1 is 1.75 bits per heavy atom. The fourth-order valence-corrected chi connectivity index (χ4v) is 0. The van der Waals surface area contributed by atoms with Crippen molar-refractivity contribution in [3.63, 3.8) is 0 Å². The zero-order valence-corrected chi connectivity index (χ0v) is 2.12. The third-order valence-electron chi connectivity index (χ3n) is 0. The molecule has 0 heterocycles. The number of halogens is 1. The Kier molecular flexibility index (Phi) is 19.9. The molecule has 0 bridgehead atoms. The summed E-state index contributed by atoms with van der Waals surface area (Å²) in [5, 5.41) is 0. The molecular formula is CH3CaClO. The van der Waals surface area contributed by atoms with Crippen LogP contribution in [0.3, 0.4) is 0 Å². The van der Waals surface area contributed by atoms with Crippen LogP contribution in [0, 0.1) is 0 Å². The summed E-state index contributed by atoms with van der Waals surface area (Å²) in [6.45, 7) is 0. The Bertz CT molecular complexity index is 15.5. The van der Waals surface area contributed by atoms with E-state index in [1.54, 1.807) is 0 Å². The van der Waals surface area contributed by atoms with Crippen molar-refractivity contribution >= 4 is 55.1 Å². The molecule has 0 aromatic heterocycles. The molecule has 0 fully saturated rings. The maximum atomic E-state index is 8.57. The molecule has 0 saturated carbocycles. The molecule has 0 radical (unpaired) electrons. The molecule has 0 aliphatic rings. The second-order valence-corrected chi connectivity index (χ2v) is 0.267. The van der Waals surface area contributed by atoms with E-state index in [0.717, 1.165) is 0 Å². The van der Waals surface area contributed by atoms with Crippen molar-refractivity contribution in [2.45, 2.75) is 0 Å². The number of carbonyl (C=O) groups is 1. The van der Waals surface area contributed by atoms with E-state index in [1.807, 2.05) is 0 Å². The first-order valence-corrected chi connectivity index (χ1v) is 0.890. The van der Waals surface area contributed by atoms with E-state index in [4.69, 9.17) is 4.79 Å². The quantitative estimate of drug-likeness (QED) is 0.231. The van der Waals surface area contributed by atoms with Gasteiger partial charge in [0.25, 0.3) is 0 Å². The third kappa shape index (κ3) is 10.7. The van der Waals surface area contributed by atoms with Gasteiger partial charge in [0.15, 0.2) is 0 Å². The monoisotopic (exact) mass is 106 g/mol. The summed E-state index contributed by atoms with van der Waals surface area (Å²) in [4.78, 5) is 8.57.